The maximum Gasteiger partial charge on any atom is 0.264 e. The van der Waals surface area contributed by atoms with Crippen molar-refractivity contribution in [3.05, 3.63) is 40.0 Å². The van der Waals surface area contributed by atoms with Crippen LogP contribution in [-0.4, -0.2) is 17.2 Å². The van der Waals surface area contributed by atoms with Crippen LogP contribution >= 0.6 is 15.9 Å². The fourth-order valence-electron chi connectivity index (χ4n) is 1.95. The van der Waals surface area contributed by atoms with Crippen molar-refractivity contribution in [3.8, 4) is 5.75 Å². The number of hydrogen-bond acceptors (Lipinski definition) is 5. The fourth-order valence-corrected chi connectivity index (χ4v) is 2.49. The Bertz CT molecular complexity index is 596. The van der Waals surface area contributed by atoms with Crippen molar-refractivity contribution in [3.63, 3.8) is 0 Å². The van der Waals surface area contributed by atoms with E-state index in [9.17, 15) is 0 Å². The SMILES string of the molecule is CNCc1ccc(OCc2nc(C3CC3)no2)c(Br)c1. The topological polar surface area (TPSA) is 60.2 Å². The predicted octanol–water partition coefficient (Wildman–Crippen LogP) is 3.01. The first-order valence-corrected chi connectivity index (χ1v) is 7.44. The smallest absolute Gasteiger partial charge is 0.264 e. The normalized spacial score (nSPS) is 14.5. The Morgan fingerprint density at radius 3 is 3.00 bits per heavy atom. The second-order valence-electron chi connectivity index (χ2n) is 4.90. The van der Waals surface area contributed by atoms with Gasteiger partial charge in [0.2, 0.25) is 0 Å². The molecule has 1 N–H and O–H groups in total. The molecule has 0 spiro atoms. The van der Waals surface area contributed by atoms with E-state index in [-0.39, 0.29) is 0 Å². The minimum Gasteiger partial charge on any atom is -0.483 e. The van der Waals surface area contributed by atoms with Crippen LogP contribution < -0.4 is 10.1 Å². The molecule has 1 saturated carbocycles. The Kier molecular flexibility index (Phi) is 4.03. The van der Waals surface area contributed by atoms with Gasteiger partial charge < -0.3 is 14.6 Å². The first-order valence-electron chi connectivity index (χ1n) is 6.64. The molecule has 0 amide bonds. The van der Waals surface area contributed by atoms with Crippen molar-refractivity contribution in [2.75, 3.05) is 7.05 Å². The van der Waals surface area contributed by atoms with Crippen LogP contribution in [0.25, 0.3) is 0 Å². The van der Waals surface area contributed by atoms with Crippen LogP contribution in [0.3, 0.4) is 0 Å². The fraction of sp³-hybridized carbons (Fsp3) is 0.429. The van der Waals surface area contributed by atoms with E-state index in [1.807, 2.05) is 25.2 Å². The third-order valence-corrected chi connectivity index (χ3v) is 3.77. The van der Waals surface area contributed by atoms with Gasteiger partial charge >= 0.3 is 0 Å². The van der Waals surface area contributed by atoms with Gasteiger partial charge in [0.05, 0.1) is 4.47 Å². The number of nitrogens with zero attached hydrogens (tertiary/aromatic N) is 2. The summed E-state index contributed by atoms with van der Waals surface area (Å²) in [6.07, 6.45) is 2.33. The van der Waals surface area contributed by atoms with Crippen LogP contribution in [0.5, 0.6) is 5.75 Å². The Balaban J connectivity index is 1.61. The highest BCUT2D eigenvalue weighted by atomic mass is 79.9. The summed E-state index contributed by atoms with van der Waals surface area (Å²) in [5.41, 5.74) is 1.19. The number of nitrogens with one attached hydrogen (secondary N) is 1. The molecule has 2 aromatic rings. The lowest BCUT2D eigenvalue weighted by Crippen LogP contribution is -2.05. The van der Waals surface area contributed by atoms with E-state index < -0.39 is 0 Å². The van der Waals surface area contributed by atoms with Crippen LogP contribution in [-0.2, 0) is 13.2 Å². The molecular formula is C14H16BrN3O2. The summed E-state index contributed by atoms with van der Waals surface area (Å²) in [5.74, 6) is 2.61. The van der Waals surface area contributed by atoms with E-state index in [0.717, 1.165) is 35.4 Å². The predicted molar refractivity (Wildman–Crippen MR) is 77.5 cm³/mol. The molecule has 3 rings (SSSR count). The standard InChI is InChI=1S/C14H16BrN3O2/c1-16-7-9-2-5-12(11(15)6-9)19-8-13-17-14(18-20-13)10-3-4-10/h2,5-6,10,16H,3-4,7-8H2,1H3. The molecule has 1 aromatic carbocycles. The highest BCUT2D eigenvalue weighted by Crippen LogP contribution is 2.38. The zero-order chi connectivity index (χ0) is 13.9. The van der Waals surface area contributed by atoms with Gasteiger partial charge in [-0.15, -0.1) is 0 Å². The van der Waals surface area contributed by atoms with E-state index >= 15 is 0 Å². The zero-order valence-corrected chi connectivity index (χ0v) is 12.8. The number of rotatable bonds is 6. The van der Waals surface area contributed by atoms with Crippen LogP contribution in [0.15, 0.2) is 27.2 Å². The summed E-state index contributed by atoms with van der Waals surface area (Å²) < 4.78 is 11.8. The average molecular weight is 338 g/mol. The molecule has 1 aromatic heterocycles. The van der Waals surface area contributed by atoms with Gasteiger partial charge in [-0.3, -0.25) is 0 Å². The molecule has 20 heavy (non-hydrogen) atoms. The van der Waals surface area contributed by atoms with E-state index in [0.29, 0.717) is 18.4 Å². The lowest BCUT2D eigenvalue weighted by molar-refractivity contribution is 0.241. The summed E-state index contributed by atoms with van der Waals surface area (Å²) in [6.45, 7) is 1.12. The average Bonchev–Trinajstić information content (AvgIpc) is 3.18. The van der Waals surface area contributed by atoms with Gasteiger partial charge in [0, 0.05) is 12.5 Å². The molecule has 1 heterocycles. The largest absolute Gasteiger partial charge is 0.483 e. The summed E-state index contributed by atoms with van der Waals surface area (Å²) in [5, 5.41) is 7.08. The van der Waals surface area contributed by atoms with Gasteiger partial charge in [-0.25, -0.2) is 0 Å². The minimum absolute atomic E-state index is 0.295. The Labute approximate surface area is 125 Å². The minimum atomic E-state index is 0.295. The molecule has 1 aliphatic rings. The summed E-state index contributed by atoms with van der Waals surface area (Å²) in [4.78, 5) is 4.34. The molecular weight excluding hydrogens is 322 g/mol. The lowest BCUT2D eigenvalue weighted by Gasteiger charge is -2.07. The van der Waals surface area contributed by atoms with Crippen LogP contribution in [0.4, 0.5) is 0 Å². The maximum absolute atomic E-state index is 5.71. The second kappa shape index (κ2) is 5.93. The first kappa shape index (κ1) is 13.6. The Hall–Kier alpha value is -1.40. The molecule has 6 heteroatoms. The molecule has 0 aliphatic heterocycles. The molecule has 0 saturated heterocycles. The Morgan fingerprint density at radius 1 is 1.45 bits per heavy atom. The van der Waals surface area contributed by atoms with Crippen LogP contribution in [0.2, 0.25) is 0 Å². The lowest BCUT2D eigenvalue weighted by atomic mass is 10.2. The molecule has 0 radical (unpaired) electrons. The monoisotopic (exact) mass is 337 g/mol. The van der Waals surface area contributed by atoms with Crippen molar-refractivity contribution < 1.29 is 9.26 Å². The van der Waals surface area contributed by atoms with Gasteiger partial charge in [-0.1, -0.05) is 11.2 Å². The van der Waals surface area contributed by atoms with Gasteiger partial charge in [0.15, 0.2) is 12.4 Å². The van der Waals surface area contributed by atoms with Gasteiger partial charge in [-0.2, -0.15) is 4.98 Å². The Morgan fingerprint density at radius 2 is 2.30 bits per heavy atom. The maximum atomic E-state index is 5.71. The van der Waals surface area contributed by atoms with Crippen molar-refractivity contribution >= 4 is 15.9 Å². The molecule has 106 valence electrons. The number of benzene rings is 1. The summed E-state index contributed by atoms with van der Waals surface area (Å²) in [7, 11) is 1.92. The molecule has 5 nitrogen and oxygen atoms in total. The summed E-state index contributed by atoms with van der Waals surface area (Å²) >= 11 is 3.51. The first-order chi connectivity index (χ1) is 9.76. The van der Waals surface area contributed by atoms with Crippen molar-refractivity contribution in [2.24, 2.45) is 0 Å². The van der Waals surface area contributed by atoms with Crippen LogP contribution in [0.1, 0.15) is 36.0 Å². The van der Waals surface area contributed by atoms with E-state index in [1.54, 1.807) is 0 Å². The molecule has 1 fully saturated rings. The third kappa shape index (κ3) is 3.19. The van der Waals surface area contributed by atoms with E-state index in [1.165, 1.54) is 5.56 Å². The quantitative estimate of drug-likeness (QED) is 0.877. The van der Waals surface area contributed by atoms with Gasteiger partial charge in [-0.05, 0) is 53.5 Å². The van der Waals surface area contributed by atoms with Gasteiger partial charge in [0.1, 0.15) is 5.75 Å². The van der Waals surface area contributed by atoms with Gasteiger partial charge in [0.25, 0.3) is 5.89 Å². The van der Waals surface area contributed by atoms with Crippen molar-refractivity contribution in [2.45, 2.75) is 31.9 Å². The zero-order valence-electron chi connectivity index (χ0n) is 11.2. The highest BCUT2D eigenvalue weighted by Gasteiger charge is 2.28. The van der Waals surface area contributed by atoms with Crippen molar-refractivity contribution in [1.82, 2.24) is 15.5 Å². The second-order valence-corrected chi connectivity index (χ2v) is 5.76. The number of hydrogen-bond donors (Lipinski definition) is 1. The summed E-state index contributed by atoms with van der Waals surface area (Å²) in [6, 6.07) is 6.00. The van der Waals surface area contributed by atoms with Crippen LogP contribution in [0, 0.1) is 0 Å². The van der Waals surface area contributed by atoms with E-state index in [2.05, 4.69) is 31.4 Å². The molecule has 0 bridgehead atoms. The number of halogens is 1. The van der Waals surface area contributed by atoms with E-state index in [4.69, 9.17) is 9.26 Å². The highest BCUT2D eigenvalue weighted by molar-refractivity contribution is 9.10. The van der Waals surface area contributed by atoms with Crippen molar-refractivity contribution in [1.29, 1.82) is 0 Å². The molecule has 0 unspecified atom stereocenters. The third-order valence-electron chi connectivity index (χ3n) is 3.15. The number of ether oxygens (including phenoxy) is 1. The molecule has 1 aliphatic carbocycles. The number of aromatic nitrogens is 2. The molecule has 0 atom stereocenters.